The average molecular weight is 429 g/mol. The van der Waals surface area contributed by atoms with E-state index in [4.69, 9.17) is 0 Å². The Kier molecular flexibility index (Phi) is 4.08. The van der Waals surface area contributed by atoms with Crippen molar-refractivity contribution in [1.29, 1.82) is 5.26 Å². The van der Waals surface area contributed by atoms with Gasteiger partial charge in [-0.3, -0.25) is 9.48 Å². The van der Waals surface area contributed by atoms with Crippen LogP contribution < -0.4 is 5.56 Å². The van der Waals surface area contributed by atoms with Gasteiger partial charge in [-0.1, -0.05) is 6.07 Å². The van der Waals surface area contributed by atoms with Gasteiger partial charge in [0.05, 0.1) is 40.5 Å². The molecule has 1 atom stereocenters. The molecule has 7 nitrogen and oxygen atoms in total. The molecular weight excluding hydrogens is 411 g/mol. The Balaban J connectivity index is 1.73. The zero-order valence-corrected chi connectivity index (χ0v) is 16.5. The summed E-state index contributed by atoms with van der Waals surface area (Å²) in [6, 6.07) is 4.74. The van der Waals surface area contributed by atoms with Crippen LogP contribution in [0.25, 0.3) is 10.9 Å². The zero-order valence-electron chi connectivity index (χ0n) is 16.5. The first-order valence-corrected chi connectivity index (χ1v) is 9.95. The summed E-state index contributed by atoms with van der Waals surface area (Å²) in [5.74, 6) is -0.278. The van der Waals surface area contributed by atoms with Crippen molar-refractivity contribution in [3.63, 3.8) is 0 Å². The fourth-order valence-electron chi connectivity index (χ4n) is 4.32. The summed E-state index contributed by atoms with van der Waals surface area (Å²) in [6.07, 6.45) is -0.158. The normalized spacial score (nSPS) is 18.7. The van der Waals surface area contributed by atoms with E-state index in [2.05, 4.69) is 10.2 Å². The van der Waals surface area contributed by atoms with Crippen molar-refractivity contribution in [2.45, 2.75) is 43.5 Å². The van der Waals surface area contributed by atoms with Crippen LogP contribution in [0.1, 0.15) is 54.1 Å². The van der Waals surface area contributed by atoms with Gasteiger partial charge in [0.15, 0.2) is 5.52 Å². The fraction of sp³-hybridized carbons (Fsp3) is 0.429. The minimum Gasteiger partial charge on any atom is -0.378 e. The summed E-state index contributed by atoms with van der Waals surface area (Å²) < 4.78 is 42.6. The Bertz CT molecular complexity index is 1310. The molecule has 10 heteroatoms. The van der Waals surface area contributed by atoms with E-state index >= 15 is 0 Å². The van der Waals surface area contributed by atoms with Crippen LogP contribution in [0, 0.1) is 17.2 Å². The van der Waals surface area contributed by atoms with Gasteiger partial charge in [0.1, 0.15) is 5.60 Å². The molecule has 2 aromatic heterocycles. The topological polar surface area (TPSA) is 96.7 Å². The Labute approximate surface area is 174 Å². The minimum absolute atomic E-state index is 0.0535. The molecule has 0 spiro atoms. The third-order valence-corrected chi connectivity index (χ3v) is 6.11. The predicted octanol–water partition coefficient (Wildman–Crippen LogP) is 3.00. The van der Waals surface area contributed by atoms with Crippen molar-refractivity contribution in [2.24, 2.45) is 13.0 Å². The average Bonchev–Trinajstić information content (AvgIpc) is 3.63. The highest BCUT2D eigenvalue weighted by atomic mass is 19.4. The van der Waals surface area contributed by atoms with Crippen molar-refractivity contribution >= 4 is 10.9 Å². The monoisotopic (exact) mass is 429 g/mol. The number of aryl methyl sites for hydroxylation is 1. The van der Waals surface area contributed by atoms with Crippen molar-refractivity contribution in [1.82, 2.24) is 19.6 Å². The summed E-state index contributed by atoms with van der Waals surface area (Å²) in [5.41, 5.74) is -3.07. The van der Waals surface area contributed by atoms with Gasteiger partial charge in [-0.2, -0.15) is 28.6 Å². The van der Waals surface area contributed by atoms with E-state index in [-0.39, 0.29) is 28.6 Å². The second-order valence-corrected chi connectivity index (χ2v) is 8.27. The predicted molar refractivity (Wildman–Crippen MR) is 103 cm³/mol. The number of hydrogen-bond donors (Lipinski definition) is 1. The lowest BCUT2D eigenvalue weighted by atomic mass is 9.83. The van der Waals surface area contributed by atoms with E-state index in [0.29, 0.717) is 23.9 Å². The largest absolute Gasteiger partial charge is 0.417 e. The van der Waals surface area contributed by atoms with Gasteiger partial charge >= 0.3 is 6.18 Å². The minimum atomic E-state index is -4.68. The molecule has 2 aliphatic carbocycles. The third-order valence-electron chi connectivity index (χ3n) is 6.11. The van der Waals surface area contributed by atoms with Crippen LogP contribution in [0.2, 0.25) is 0 Å². The van der Waals surface area contributed by atoms with E-state index in [9.17, 15) is 28.3 Å². The number of halogens is 3. The highest BCUT2D eigenvalue weighted by Crippen LogP contribution is 2.51. The summed E-state index contributed by atoms with van der Waals surface area (Å²) in [4.78, 5) is 12.9. The lowest BCUT2D eigenvalue weighted by Crippen LogP contribution is -2.33. The quantitative estimate of drug-likeness (QED) is 0.688. The fourth-order valence-corrected chi connectivity index (χ4v) is 4.32. The van der Waals surface area contributed by atoms with E-state index in [0.717, 1.165) is 25.0 Å². The van der Waals surface area contributed by atoms with Gasteiger partial charge in [-0.25, -0.2) is 4.68 Å². The first-order chi connectivity index (χ1) is 14.7. The van der Waals surface area contributed by atoms with Crippen molar-refractivity contribution in [2.75, 3.05) is 0 Å². The van der Waals surface area contributed by atoms with Crippen LogP contribution in [-0.4, -0.2) is 24.7 Å². The number of fused-ring (bicyclic) bond motifs is 1. The molecule has 3 aromatic rings. The number of nitriles is 1. The number of benzene rings is 1. The molecule has 2 heterocycles. The molecule has 2 fully saturated rings. The van der Waals surface area contributed by atoms with Gasteiger partial charge in [0.25, 0.3) is 5.56 Å². The molecule has 0 amide bonds. The van der Waals surface area contributed by atoms with E-state index in [1.165, 1.54) is 21.6 Å². The standard InChI is InChI=1S/C21H18F3N5O2/c1-28-18(15-10-26-29(14-5-6-14)19(30)17(15)27-28)20(31,12-2-3-12)13-4-7-16(21(22,23)24)11(8-13)9-25/h4,7-8,10,12,14,31H,2-3,5-6H2,1H3/t20-/m1/s1. The highest BCUT2D eigenvalue weighted by Gasteiger charge is 2.50. The highest BCUT2D eigenvalue weighted by molar-refractivity contribution is 5.81. The molecule has 1 aromatic carbocycles. The molecule has 0 radical (unpaired) electrons. The lowest BCUT2D eigenvalue weighted by Gasteiger charge is -2.30. The van der Waals surface area contributed by atoms with Crippen LogP contribution >= 0.6 is 0 Å². The van der Waals surface area contributed by atoms with Gasteiger partial charge in [0.2, 0.25) is 0 Å². The molecule has 1 N–H and O–H groups in total. The SMILES string of the molecule is Cn1nc2c(=O)n(C3CC3)ncc2c1[C@](O)(c1ccc(C(F)(F)F)c(C#N)c1)C1CC1. The Morgan fingerprint density at radius 1 is 1.23 bits per heavy atom. The van der Waals surface area contributed by atoms with Crippen LogP contribution in [0.4, 0.5) is 13.2 Å². The molecule has 0 saturated heterocycles. The number of alkyl halides is 3. The molecule has 0 aliphatic heterocycles. The Morgan fingerprint density at radius 3 is 2.52 bits per heavy atom. The van der Waals surface area contributed by atoms with Gasteiger partial charge in [-0.05, 0) is 49.3 Å². The summed E-state index contributed by atoms with van der Waals surface area (Å²) in [6.45, 7) is 0. The Morgan fingerprint density at radius 2 is 1.94 bits per heavy atom. The maximum absolute atomic E-state index is 13.3. The van der Waals surface area contributed by atoms with E-state index in [1.54, 1.807) is 13.1 Å². The molecular formula is C21H18F3N5O2. The van der Waals surface area contributed by atoms with Gasteiger partial charge in [-0.15, -0.1) is 0 Å². The van der Waals surface area contributed by atoms with Crippen molar-refractivity contribution < 1.29 is 18.3 Å². The molecule has 2 aliphatic rings. The number of hydrogen-bond acceptors (Lipinski definition) is 5. The summed E-state index contributed by atoms with van der Waals surface area (Å²) >= 11 is 0. The number of aliphatic hydroxyl groups is 1. The molecule has 2 saturated carbocycles. The number of aromatic nitrogens is 4. The maximum Gasteiger partial charge on any atom is 0.417 e. The zero-order chi connectivity index (χ0) is 22.1. The molecule has 31 heavy (non-hydrogen) atoms. The van der Waals surface area contributed by atoms with Gasteiger partial charge in [0, 0.05) is 7.05 Å². The lowest BCUT2D eigenvalue weighted by molar-refractivity contribution is -0.137. The first-order valence-electron chi connectivity index (χ1n) is 9.95. The second kappa shape index (κ2) is 6.40. The van der Waals surface area contributed by atoms with Crippen molar-refractivity contribution in [3.05, 3.63) is 57.1 Å². The van der Waals surface area contributed by atoms with Crippen LogP contribution in [0.5, 0.6) is 0 Å². The number of nitrogens with zero attached hydrogens (tertiary/aromatic N) is 5. The smallest absolute Gasteiger partial charge is 0.378 e. The maximum atomic E-state index is 13.3. The summed E-state index contributed by atoms with van der Waals surface area (Å²) in [5, 5.41) is 30.1. The number of rotatable bonds is 4. The molecule has 160 valence electrons. The van der Waals surface area contributed by atoms with E-state index < -0.39 is 22.9 Å². The van der Waals surface area contributed by atoms with Crippen LogP contribution in [0.3, 0.4) is 0 Å². The second-order valence-electron chi connectivity index (χ2n) is 8.27. The first kappa shape index (κ1) is 19.8. The van der Waals surface area contributed by atoms with Crippen molar-refractivity contribution in [3.8, 4) is 6.07 Å². The van der Waals surface area contributed by atoms with Crippen LogP contribution in [0.15, 0.2) is 29.2 Å². The molecule has 0 bridgehead atoms. The van der Waals surface area contributed by atoms with E-state index in [1.807, 2.05) is 0 Å². The van der Waals surface area contributed by atoms with Crippen LogP contribution in [-0.2, 0) is 18.8 Å². The third kappa shape index (κ3) is 2.95. The summed E-state index contributed by atoms with van der Waals surface area (Å²) in [7, 11) is 1.58. The Hall–Kier alpha value is -3.19. The molecule has 5 rings (SSSR count). The molecule has 0 unspecified atom stereocenters. The van der Waals surface area contributed by atoms with Gasteiger partial charge < -0.3 is 5.11 Å².